The van der Waals surface area contributed by atoms with Gasteiger partial charge in [0.1, 0.15) is 18.2 Å². The predicted octanol–water partition coefficient (Wildman–Crippen LogP) is 2.73. The maximum Gasteiger partial charge on any atom is 0.322 e. The van der Waals surface area contributed by atoms with Crippen LogP contribution in [0, 0.1) is 5.82 Å². The first-order valence-electron chi connectivity index (χ1n) is 10.5. The van der Waals surface area contributed by atoms with Gasteiger partial charge in [0.25, 0.3) is 0 Å². The lowest BCUT2D eigenvalue weighted by Gasteiger charge is -2.29. The van der Waals surface area contributed by atoms with Crippen molar-refractivity contribution in [2.24, 2.45) is 5.73 Å². The van der Waals surface area contributed by atoms with Crippen molar-refractivity contribution in [2.75, 3.05) is 11.9 Å². The lowest BCUT2D eigenvalue weighted by atomic mass is 10.0. The molecule has 2 heterocycles. The van der Waals surface area contributed by atoms with Gasteiger partial charge in [0, 0.05) is 18.8 Å². The fourth-order valence-electron chi connectivity index (χ4n) is 3.57. The lowest BCUT2D eigenvalue weighted by Crippen LogP contribution is -2.47. The first kappa shape index (κ1) is 24.0. The smallest absolute Gasteiger partial charge is 0.322 e. The Balaban J connectivity index is 1.77. The van der Waals surface area contributed by atoms with E-state index in [0.717, 1.165) is 30.0 Å². The summed E-state index contributed by atoms with van der Waals surface area (Å²) < 4.78 is 42.7. The van der Waals surface area contributed by atoms with Crippen molar-refractivity contribution in [1.29, 1.82) is 0 Å². The number of carbonyl (C=O) groups is 1. The van der Waals surface area contributed by atoms with Crippen LogP contribution in [-0.2, 0) is 25.9 Å². The zero-order valence-electron chi connectivity index (χ0n) is 18.4. The second kappa shape index (κ2) is 9.65. The summed E-state index contributed by atoms with van der Waals surface area (Å²) in [7, 11) is -4.28. The van der Waals surface area contributed by atoms with Gasteiger partial charge in [-0.15, -0.1) is 0 Å². The number of aliphatic carboxylic acids is 1. The summed E-state index contributed by atoms with van der Waals surface area (Å²) in [6.07, 6.45) is 3.27. The van der Waals surface area contributed by atoms with Crippen molar-refractivity contribution < 1.29 is 22.7 Å². The van der Waals surface area contributed by atoms with Gasteiger partial charge in [-0.1, -0.05) is 18.2 Å². The zero-order valence-corrected chi connectivity index (χ0v) is 19.2. The number of pyridine rings is 1. The minimum atomic E-state index is -4.28. The van der Waals surface area contributed by atoms with Gasteiger partial charge in [0.15, 0.2) is 4.87 Å². The summed E-state index contributed by atoms with van der Waals surface area (Å²) in [6.45, 7) is -0.409. The highest BCUT2D eigenvalue weighted by molar-refractivity contribution is 7.92. The largest absolute Gasteiger partial charge is 0.480 e. The Morgan fingerprint density at radius 2 is 1.77 bits per heavy atom. The summed E-state index contributed by atoms with van der Waals surface area (Å²) >= 11 is 0. The van der Waals surface area contributed by atoms with Crippen LogP contribution in [0.25, 0.3) is 5.69 Å². The van der Waals surface area contributed by atoms with E-state index in [1.54, 1.807) is 47.4 Å². The molecular formula is C24H22FN5O4S. The van der Waals surface area contributed by atoms with E-state index in [1.807, 2.05) is 0 Å². The molecule has 180 valence electrons. The maximum atomic E-state index is 13.8. The van der Waals surface area contributed by atoms with E-state index in [-0.39, 0.29) is 22.8 Å². The number of rotatable bonds is 9. The topological polar surface area (TPSA) is 140 Å². The summed E-state index contributed by atoms with van der Waals surface area (Å²) in [5.41, 5.74) is 8.05. The van der Waals surface area contributed by atoms with Gasteiger partial charge in [-0.05, 0) is 60.2 Å². The number of carboxylic acid groups (broad SMARTS) is 1. The highest BCUT2D eigenvalue weighted by Crippen LogP contribution is 2.34. The Morgan fingerprint density at radius 3 is 2.40 bits per heavy atom. The highest BCUT2D eigenvalue weighted by Gasteiger charge is 2.44. The van der Waals surface area contributed by atoms with Crippen LogP contribution in [0.4, 0.5) is 10.2 Å². The number of benzene rings is 2. The Kier molecular flexibility index (Phi) is 6.63. The molecule has 0 radical (unpaired) electrons. The monoisotopic (exact) mass is 495 g/mol. The molecule has 9 nitrogen and oxygen atoms in total. The second-order valence-corrected chi connectivity index (χ2v) is 10.0. The number of nitrogens with one attached hydrogen (secondary N) is 1. The number of carboxylic acids is 1. The van der Waals surface area contributed by atoms with Crippen LogP contribution in [-0.4, -0.2) is 40.8 Å². The fourth-order valence-corrected chi connectivity index (χ4v) is 5.23. The molecule has 4 N–H and O–H groups in total. The normalized spacial score (nSPS) is 13.2. The molecule has 0 spiro atoms. The summed E-state index contributed by atoms with van der Waals surface area (Å²) in [6, 6.07) is 17.7. The molecule has 0 aliphatic rings. The first-order valence-corrected chi connectivity index (χ1v) is 12.0. The van der Waals surface area contributed by atoms with Crippen molar-refractivity contribution >= 4 is 21.6 Å². The minimum absolute atomic E-state index is 0.00775. The molecular weight excluding hydrogens is 473 g/mol. The molecule has 0 amide bonds. The van der Waals surface area contributed by atoms with Crippen molar-refractivity contribution in [3.8, 4) is 5.69 Å². The van der Waals surface area contributed by atoms with E-state index in [9.17, 15) is 17.6 Å². The molecule has 2 aromatic heterocycles. The van der Waals surface area contributed by atoms with E-state index in [1.165, 1.54) is 18.2 Å². The van der Waals surface area contributed by atoms with Crippen molar-refractivity contribution in [3.05, 3.63) is 102 Å². The Hall–Kier alpha value is -4.09. The molecule has 4 rings (SSSR count). The third kappa shape index (κ3) is 5.05. The lowest BCUT2D eigenvalue weighted by molar-refractivity contribution is -0.134. The minimum Gasteiger partial charge on any atom is -0.480 e. The van der Waals surface area contributed by atoms with Crippen LogP contribution in [0.5, 0.6) is 0 Å². The van der Waals surface area contributed by atoms with E-state index in [4.69, 9.17) is 10.8 Å². The molecule has 1 atom stereocenters. The molecule has 0 fully saturated rings. The van der Waals surface area contributed by atoms with Gasteiger partial charge >= 0.3 is 5.97 Å². The molecule has 4 aromatic rings. The quantitative estimate of drug-likeness (QED) is 0.301. The zero-order chi connectivity index (χ0) is 25.1. The maximum absolute atomic E-state index is 13.8. The molecule has 0 aliphatic carbocycles. The van der Waals surface area contributed by atoms with Crippen molar-refractivity contribution in [2.45, 2.75) is 16.2 Å². The van der Waals surface area contributed by atoms with Crippen LogP contribution in [0.2, 0.25) is 0 Å². The molecule has 11 heteroatoms. The van der Waals surface area contributed by atoms with Gasteiger partial charge in [-0.25, -0.2) is 22.5 Å². The standard InChI is InChI=1S/C24H22FN5O4S/c25-18-7-11-20(12-8-18)35(33,34)24(26,21-3-1-4-22(29-21)27-16-23(31)32)15-17-5-9-19(10-6-17)30-14-2-13-28-30/h1-14H,15-16,26H2,(H,27,29)(H,31,32). The Labute approximate surface area is 201 Å². The average Bonchev–Trinajstić information content (AvgIpc) is 3.38. The van der Waals surface area contributed by atoms with Gasteiger partial charge < -0.3 is 16.2 Å². The van der Waals surface area contributed by atoms with Crippen LogP contribution in [0.15, 0.2) is 90.1 Å². The van der Waals surface area contributed by atoms with Crippen LogP contribution >= 0.6 is 0 Å². The van der Waals surface area contributed by atoms with E-state index in [0.29, 0.717) is 5.56 Å². The molecule has 35 heavy (non-hydrogen) atoms. The predicted molar refractivity (Wildman–Crippen MR) is 127 cm³/mol. The number of anilines is 1. The van der Waals surface area contributed by atoms with Gasteiger partial charge in [-0.2, -0.15) is 5.10 Å². The summed E-state index contributed by atoms with van der Waals surface area (Å²) in [5.74, 6) is -1.53. The Morgan fingerprint density at radius 1 is 1.06 bits per heavy atom. The second-order valence-electron chi connectivity index (χ2n) is 7.80. The van der Waals surface area contributed by atoms with Crippen LogP contribution < -0.4 is 11.1 Å². The fraction of sp³-hybridized carbons (Fsp3) is 0.125. The number of nitrogens with zero attached hydrogens (tertiary/aromatic N) is 3. The molecule has 0 saturated heterocycles. The molecule has 0 bridgehead atoms. The average molecular weight is 496 g/mol. The number of nitrogens with two attached hydrogens (primary N) is 1. The number of halogens is 1. The summed E-state index contributed by atoms with van der Waals surface area (Å²) in [5, 5.41) is 15.7. The Bertz CT molecular complexity index is 1430. The third-order valence-corrected chi connectivity index (χ3v) is 7.58. The highest BCUT2D eigenvalue weighted by atomic mass is 32.2. The van der Waals surface area contributed by atoms with Gasteiger partial charge in [-0.3, -0.25) is 4.79 Å². The molecule has 0 aliphatic heterocycles. The van der Waals surface area contributed by atoms with Crippen molar-refractivity contribution in [3.63, 3.8) is 0 Å². The SMILES string of the molecule is NC(Cc1ccc(-n2cccn2)cc1)(c1cccc(NCC(=O)O)n1)S(=O)(=O)c1ccc(F)cc1. The van der Waals surface area contributed by atoms with E-state index < -0.39 is 33.0 Å². The third-order valence-electron chi connectivity index (χ3n) is 5.38. The van der Waals surface area contributed by atoms with E-state index >= 15 is 0 Å². The molecule has 2 aromatic carbocycles. The first-order chi connectivity index (χ1) is 16.7. The van der Waals surface area contributed by atoms with Crippen LogP contribution in [0.1, 0.15) is 11.3 Å². The number of sulfone groups is 1. The van der Waals surface area contributed by atoms with Gasteiger partial charge in [0.05, 0.1) is 16.3 Å². The number of aromatic nitrogens is 3. The van der Waals surface area contributed by atoms with E-state index in [2.05, 4.69) is 15.4 Å². The van der Waals surface area contributed by atoms with Gasteiger partial charge in [0.2, 0.25) is 9.84 Å². The number of hydrogen-bond donors (Lipinski definition) is 3. The van der Waals surface area contributed by atoms with Crippen molar-refractivity contribution in [1.82, 2.24) is 14.8 Å². The molecule has 0 saturated carbocycles. The number of hydrogen-bond acceptors (Lipinski definition) is 7. The summed E-state index contributed by atoms with van der Waals surface area (Å²) in [4.78, 5) is 13.0. The van der Waals surface area contributed by atoms with Crippen LogP contribution in [0.3, 0.4) is 0 Å². The molecule has 1 unspecified atom stereocenters.